The lowest BCUT2D eigenvalue weighted by molar-refractivity contribution is -0.117. The molecule has 1 amide bonds. The minimum Gasteiger partial charge on any atom is -0.369 e. The van der Waals surface area contributed by atoms with Crippen LogP contribution in [0.15, 0.2) is 18.2 Å². The van der Waals surface area contributed by atoms with E-state index in [1.54, 1.807) is 6.92 Å². The zero-order valence-electron chi connectivity index (χ0n) is 15.0. The summed E-state index contributed by atoms with van der Waals surface area (Å²) in [6.07, 6.45) is 2.53. The smallest absolute Gasteiger partial charge is 0.224 e. The van der Waals surface area contributed by atoms with E-state index in [2.05, 4.69) is 49.2 Å². The van der Waals surface area contributed by atoms with Gasteiger partial charge in [0.05, 0.1) is 0 Å². The molecule has 1 aromatic carbocycles. The van der Waals surface area contributed by atoms with Crippen LogP contribution >= 0.6 is 0 Å². The number of anilines is 2. The van der Waals surface area contributed by atoms with Gasteiger partial charge in [0, 0.05) is 43.0 Å². The Kier molecular flexibility index (Phi) is 4.37. The van der Waals surface area contributed by atoms with E-state index in [4.69, 9.17) is 0 Å². The molecule has 0 bridgehead atoms. The summed E-state index contributed by atoms with van der Waals surface area (Å²) in [7, 11) is 2.02. The average molecular weight is 315 g/mol. The number of rotatable bonds is 2. The Hall–Kier alpha value is -1.55. The maximum Gasteiger partial charge on any atom is 0.224 e. The monoisotopic (exact) mass is 315 g/mol. The van der Waals surface area contributed by atoms with Crippen molar-refractivity contribution in [3.8, 4) is 0 Å². The molecule has 23 heavy (non-hydrogen) atoms. The Morgan fingerprint density at radius 1 is 1.26 bits per heavy atom. The van der Waals surface area contributed by atoms with E-state index >= 15 is 0 Å². The number of benzene rings is 1. The van der Waals surface area contributed by atoms with Crippen molar-refractivity contribution in [1.29, 1.82) is 0 Å². The first-order valence-electron chi connectivity index (χ1n) is 8.83. The van der Waals surface area contributed by atoms with Crippen molar-refractivity contribution >= 4 is 17.3 Å². The van der Waals surface area contributed by atoms with E-state index in [0.29, 0.717) is 12.0 Å². The summed E-state index contributed by atoms with van der Waals surface area (Å²) in [5.74, 6) is 0.505. The molecule has 2 heterocycles. The third kappa shape index (κ3) is 2.63. The minimum absolute atomic E-state index is 0.127. The highest BCUT2D eigenvalue weighted by Crippen LogP contribution is 2.42. The second-order valence-electron chi connectivity index (χ2n) is 7.18. The van der Waals surface area contributed by atoms with E-state index < -0.39 is 0 Å². The van der Waals surface area contributed by atoms with Gasteiger partial charge in [-0.3, -0.25) is 4.79 Å². The molecule has 1 fully saturated rings. The molecule has 3 rings (SSSR count). The molecule has 4 atom stereocenters. The quantitative estimate of drug-likeness (QED) is 0.909. The molecular weight excluding hydrogens is 286 g/mol. The Morgan fingerprint density at radius 3 is 2.57 bits per heavy atom. The lowest BCUT2D eigenvalue weighted by Gasteiger charge is -2.44. The number of carbonyl (C=O) groups is 1. The summed E-state index contributed by atoms with van der Waals surface area (Å²) in [6, 6.07) is 7.72. The molecular formula is C19H29N3O. The molecule has 1 aromatic rings. The van der Waals surface area contributed by atoms with E-state index in [0.717, 1.165) is 12.2 Å². The van der Waals surface area contributed by atoms with Gasteiger partial charge in [-0.2, -0.15) is 0 Å². The van der Waals surface area contributed by atoms with Crippen molar-refractivity contribution in [2.75, 3.05) is 23.4 Å². The SMILES string of the molecule is CNC1c2cc(N3CCCC3C)ccc2N(C(C)=O)[C@@H](C)C1C. The van der Waals surface area contributed by atoms with Gasteiger partial charge in [0.2, 0.25) is 5.91 Å². The highest BCUT2D eigenvalue weighted by atomic mass is 16.2. The van der Waals surface area contributed by atoms with Crippen LogP contribution in [0.25, 0.3) is 0 Å². The molecule has 0 radical (unpaired) electrons. The summed E-state index contributed by atoms with van der Waals surface area (Å²) in [5.41, 5.74) is 3.61. The topological polar surface area (TPSA) is 35.6 Å². The van der Waals surface area contributed by atoms with Gasteiger partial charge in [0.25, 0.3) is 0 Å². The average Bonchev–Trinajstić information content (AvgIpc) is 2.94. The highest BCUT2D eigenvalue weighted by molar-refractivity contribution is 5.94. The van der Waals surface area contributed by atoms with E-state index in [1.165, 1.54) is 24.1 Å². The molecule has 126 valence electrons. The van der Waals surface area contributed by atoms with E-state index in [9.17, 15) is 4.79 Å². The van der Waals surface area contributed by atoms with Gasteiger partial charge in [0.1, 0.15) is 0 Å². The number of hydrogen-bond donors (Lipinski definition) is 1. The van der Waals surface area contributed by atoms with Crippen LogP contribution in [0, 0.1) is 5.92 Å². The van der Waals surface area contributed by atoms with Crippen molar-refractivity contribution in [2.24, 2.45) is 5.92 Å². The number of amides is 1. The van der Waals surface area contributed by atoms with Crippen LogP contribution in [-0.4, -0.2) is 31.6 Å². The molecule has 2 aliphatic heterocycles. The first kappa shape index (κ1) is 16.3. The zero-order valence-corrected chi connectivity index (χ0v) is 15.0. The van der Waals surface area contributed by atoms with Gasteiger partial charge in [0.15, 0.2) is 0 Å². The predicted molar refractivity (Wildman–Crippen MR) is 96.1 cm³/mol. The van der Waals surface area contributed by atoms with Crippen molar-refractivity contribution < 1.29 is 4.79 Å². The molecule has 0 spiro atoms. The fourth-order valence-electron chi connectivity index (χ4n) is 4.40. The van der Waals surface area contributed by atoms with Crippen molar-refractivity contribution in [1.82, 2.24) is 5.32 Å². The van der Waals surface area contributed by atoms with Crippen LogP contribution in [0.2, 0.25) is 0 Å². The fraction of sp³-hybridized carbons (Fsp3) is 0.632. The van der Waals surface area contributed by atoms with Crippen LogP contribution in [0.3, 0.4) is 0 Å². The highest BCUT2D eigenvalue weighted by Gasteiger charge is 2.37. The lowest BCUT2D eigenvalue weighted by Crippen LogP contribution is -2.49. The second kappa shape index (κ2) is 6.16. The predicted octanol–water partition coefficient (Wildman–Crippen LogP) is 3.33. The summed E-state index contributed by atoms with van der Waals surface area (Å²) < 4.78 is 0. The standard InChI is InChI=1S/C19H29N3O/c1-12-7-6-10-21(12)16-8-9-18-17(11-16)19(20-5)13(2)14(3)22(18)15(4)23/h8-9,11-14,19-20H,6-7,10H2,1-5H3/t12?,13?,14-,19?/m0/s1. The molecule has 1 saturated heterocycles. The number of hydrogen-bond acceptors (Lipinski definition) is 3. The van der Waals surface area contributed by atoms with Crippen LogP contribution in [-0.2, 0) is 4.79 Å². The Bertz CT molecular complexity index is 600. The molecule has 2 aliphatic rings. The van der Waals surface area contributed by atoms with E-state index in [-0.39, 0.29) is 18.0 Å². The summed E-state index contributed by atoms with van der Waals surface area (Å²) >= 11 is 0. The molecule has 0 aromatic heterocycles. The number of carbonyl (C=O) groups excluding carboxylic acids is 1. The summed E-state index contributed by atoms with van der Waals surface area (Å²) in [6.45, 7) is 9.48. The van der Waals surface area contributed by atoms with Gasteiger partial charge in [-0.25, -0.2) is 0 Å². The van der Waals surface area contributed by atoms with Crippen molar-refractivity contribution in [2.45, 2.75) is 58.7 Å². The van der Waals surface area contributed by atoms with Gasteiger partial charge in [-0.05, 0) is 63.4 Å². The summed E-state index contributed by atoms with van der Waals surface area (Å²) in [5, 5.41) is 3.47. The molecule has 1 N–H and O–H groups in total. The molecule has 4 heteroatoms. The van der Waals surface area contributed by atoms with Gasteiger partial charge in [-0.15, -0.1) is 0 Å². The van der Waals surface area contributed by atoms with Gasteiger partial charge < -0.3 is 15.1 Å². The normalized spacial score (nSPS) is 30.5. The molecule has 0 saturated carbocycles. The van der Waals surface area contributed by atoms with Crippen LogP contribution in [0.5, 0.6) is 0 Å². The molecule has 0 aliphatic carbocycles. The Labute approximate surface area is 139 Å². The molecule has 4 nitrogen and oxygen atoms in total. The number of nitrogens with zero attached hydrogens (tertiary/aromatic N) is 2. The third-order valence-electron chi connectivity index (χ3n) is 5.83. The summed E-state index contributed by atoms with van der Waals surface area (Å²) in [4.78, 5) is 16.7. The van der Waals surface area contributed by atoms with Crippen molar-refractivity contribution in [3.63, 3.8) is 0 Å². The Morgan fingerprint density at radius 2 is 2.00 bits per heavy atom. The maximum atomic E-state index is 12.2. The first-order valence-corrected chi connectivity index (χ1v) is 8.83. The minimum atomic E-state index is 0.127. The van der Waals surface area contributed by atoms with Gasteiger partial charge >= 0.3 is 0 Å². The maximum absolute atomic E-state index is 12.2. The lowest BCUT2D eigenvalue weighted by atomic mass is 9.82. The van der Waals surface area contributed by atoms with Gasteiger partial charge in [-0.1, -0.05) is 6.92 Å². The Balaban J connectivity index is 2.07. The first-order chi connectivity index (χ1) is 11.0. The third-order valence-corrected chi connectivity index (χ3v) is 5.83. The molecule has 3 unspecified atom stereocenters. The largest absolute Gasteiger partial charge is 0.369 e. The van der Waals surface area contributed by atoms with Crippen LogP contribution in [0.1, 0.15) is 52.1 Å². The second-order valence-corrected chi connectivity index (χ2v) is 7.18. The van der Waals surface area contributed by atoms with E-state index in [1.807, 2.05) is 11.9 Å². The van der Waals surface area contributed by atoms with Crippen LogP contribution < -0.4 is 15.1 Å². The van der Waals surface area contributed by atoms with Crippen LogP contribution in [0.4, 0.5) is 11.4 Å². The zero-order chi connectivity index (χ0) is 16.7. The number of nitrogens with one attached hydrogen (secondary N) is 1. The fourth-order valence-corrected chi connectivity index (χ4v) is 4.40. The number of fused-ring (bicyclic) bond motifs is 1. The van der Waals surface area contributed by atoms with Crippen molar-refractivity contribution in [3.05, 3.63) is 23.8 Å².